The van der Waals surface area contributed by atoms with Gasteiger partial charge in [0.15, 0.2) is 22.3 Å². The fraction of sp³-hybridized carbons (Fsp3) is 0.387. The maximum atomic E-state index is 5.97. The molecule has 1 saturated heterocycles. The Morgan fingerprint density at radius 2 is 1.43 bits per heavy atom. The van der Waals surface area contributed by atoms with Crippen LogP contribution in [0.15, 0.2) is 96.9 Å². The van der Waals surface area contributed by atoms with E-state index in [0.29, 0.717) is 5.54 Å². The van der Waals surface area contributed by atoms with Gasteiger partial charge < -0.3 is 8.36 Å². The Balaban J connectivity index is 0.000000231. The normalized spacial score (nSPS) is 27.7. The summed E-state index contributed by atoms with van der Waals surface area (Å²) < 4.78 is 8.75. The van der Waals surface area contributed by atoms with Gasteiger partial charge in [0, 0.05) is 32.6 Å². The van der Waals surface area contributed by atoms with Crippen LogP contribution in [0.5, 0.6) is 0 Å². The molecule has 4 unspecified atom stereocenters. The van der Waals surface area contributed by atoms with Crippen molar-refractivity contribution in [3.8, 4) is 0 Å². The van der Waals surface area contributed by atoms with Gasteiger partial charge in [0.2, 0.25) is 0 Å². The molecule has 2 aromatic rings. The second-order valence-electron chi connectivity index (χ2n) is 11.9. The fourth-order valence-electron chi connectivity index (χ4n) is 6.89. The number of fused-ring (bicyclic) bond motifs is 6. The third kappa shape index (κ3) is 5.15. The molecular weight excluding hydrogens is 682 g/mol. The summed E-state index contributed by atoms with van der Waals surface area (Å²) in [6, 6.07) is 22.6. The maximum Gasteiger partial charge on any atom is 0.442 e. The van der Waals surface area contributed by atoms with E-state index in [9.17, 15) is 0 Å². The van der Waals surface area contributed by atoms with Gasteiger partial charge in [-0.05, 0) is 62.5 Å². The van der Waals surface area contributed by atoms with Crippen molar-refractivity contribution in [2.75, 3.05) is 7.05 Å². The number of benzene rings is 2. The van der Waals surface area contributed by atoms with E-state index in [1.165, 1.54) is 24.8 Å². The zero-order valence-electron chi connectivity index (χ0n) is 22.9. The van der Waals surface area contributed by atoms with E-state index in [2.05, 4.69) is 117 Å². The molecule has 2 nitrogen and oxygen atoms in total. The first-order valence-electron chi connectivity index (χ1n) is 13.4. The van der Waals surface area contributed by atoms with Gasteiger partial charge in [0.25, 0.3) is 0 Å². The van der Waals surface area contributed by atoms with Gasteiger partial charge in [-0.15, -0.1) is 13.2 Å². The number of rotatable bonds is 6. The number of allylic oxidation sites excluding steroid dienone is 2. The summed E-state index contributed by atoms with van der Waals surface area (Å²) in [6.45, 7) is 16.2. The van der Waals surface area contributed by atoms with Gasteiger partial charge in [-0.2, -0.15) is 0 Å². The Morgan fingerprint density at radius 3 is 2.00 bits per heavy atom. The molecule has 37 heavy (non-hydrogen) atoms. The molecule has 0 N–H and O–H groups in total. The predicted octanol–water partition coefficient (Wildman–Crippen LogP) is 7.11. The Labute approximate surface area is 242 Å². The molecule has 2 aliphatic heterocycles. The molecule has 1 radical (unpaired) electrons. The first kappa shape index (κ1) is 28.6. The average molecular weight is 723 g/mol. The van der Waals surface area contributed by atoms with Crippen molar-refractivity contribution in [2.24, 2.45) is 11.8 Å². The molecule has 0 spiro atoms. The van der Waals surface area contributed by atoms with E-state index in [1.54, 1.807) is 16.8 Å². The summed E-state index contributed by atoms with van der Waals surface area (Å²) in [4.78, 5) is 0. The van der Waals surface area contributed by atoms with E-state index >= 15 is 0 Å². The van der Waals surface area contributed by atoms with Crippen molar-refractivity contribution in [3.05, 3.63) is 108 Å². The van der Waals surface area contributed by atoms with Crippen molar-refractivity contribution < 1.29 is 29.4 Å². The zero-order chi connectivity index (χ0) is 25.7. The monoisotopic (exact) mass is 722 g/mol. The van der Waals surface area contributed by atoms with Crippen LogP contribution in [0.2, 0.25) is 26.2 Å². The summed E-state index contributed by atoms with van der Waals surface area (Å²) in [5.74, 6) is 1.69. The summed E-state index contributed by atoms with van der Waals surface area (Å²) in [5.41, 5.74) is 11.1. The summed E-state index contributed by atoms with van der Waals surface area (Å²) in [6.07, 6.45) is 7.01. The molecule has 2 bridgehead atoms. The minimum absolute atomic E-state index is 0. The minimum atomic E-state index is -1.58. The van der Waals surface area contributed by atoms with Crippen LogP contribution in [0.3, 0.4) is 0 Å². The van der Waals surface area contributed by atoms with Crippen LogP contribution in [0.1, 0.15) is 35.9 Å². The second kappa shape index (κ2) is 10.7. The maximum absolute atomic E-state index is 5.97. The second-order valence-corrected chi connectivity index (χ2v) is 22.8. The standard InChI is InChI=1S/C23H23NSi.C8H18OSi2.Pt/c1-24-21-18-13-12-17(14-18)20(21)15-23(19-10-6-3-7-11-19)22(25(23)24)16-8-4-2-5-9-16;1-7-10(3,4)9-11(5,6)8-2;/h2-11,15,17-18,22H,12-14H2,1H3;7-8H,1-2H2,3-6H3;/q+1;;. The van der Waals surface area contributed by atoms with Gasteiger partial charge in [0.05, 0.1) is 10.6 Å². The third-order valence-corrected chi connectivity index (χ3v) is 18.4. The Bertz CT molecular complexity index is 1210. The van der Waals surface area contributed by atoms with Crippen LogP contribution in [0, 0.1) is 11.8 Å². The quantitative estimate of drug-likeness (QED) is 0.290. The van der Waals surface area contributed by atoms with Crippen LogP contribution in [-0.2, 0) is 30.2 Å². The van der Waals surface area contributed by atoms with E-state index in [-0.39, 0.29) is 26.1 Å². The van der Waals surface area contributed by atoms with Gasteiger partial charge >= 0.3 is 8.96 Å². The predicted molar refractivity (Wildman–Crippen MR) is 160 cm³/mol. The molecule has 6 rings (SSSR count). The van der Waals surface area contributed by atoms with E-state index in [4.69, 9.17) is 4.12 Å². The molecule has 0 aromatic heterocycles. The Morgan fingerprint density at radius 1 is 0.892 bits per heavy atom. The summed E-state index contributed by atoms with van der Waals surface area (Å²) in [5, 5.41) is 0.269. The molecule has 6 heteroatoms. The molecule has 2 aliphatic carbocycles. The molecule has 4 aliphatic rings. The SMILES string of the molecule is C=C[Si](C)(C)O[Si](C)(C)C=C.C[N+]1=C2C(=CC3(c4ccccc4)C(c4ccccc4)[Si]13)C1CCC2C1.[Pt]. The first-order chi connectivity index (χ1) is 17.1. The largest absolute Gasteiger partial charge is 0.449 e. The number of hydrogen-bond acceptors (Lipinski definition) is 1. The molecule has 2 heterocycles. The molecule has 3 fully saturated rings. The van der Waals surface area contributed by atoms with Gasteiger partial charge in [-0.25, -0.2) is 0 Å². The molecule has 197 valence electrons. The molecule has 2 aromatic carbocycles. The van der Waals surface area contributed by atoms with Crippen molar-refractivity contribution in [2.45, 2.75) is 56.0 Å². The fourth-order valence-corrected chi connectivity index (χ4v) is 17.0. The van der Waals surface area contributed by atoms with Crippen LogP contribution in [-0.4, -0.2) is 42.6 Å². The zero-order valence-corrected chi connectivity index (χ0v) is 28.2. The summed E-state index contributed by atoms with van der Waals surface area (Å²) in [7, 11) is -1.40. The number of hydrogen-bond donors (Lipinski definition) is 0. The first-order valence-corrected chi connectivity index (χ1v) is 20.9. The number of nitrogens with zero attached hydrogens (tertiary/aromatic N) is 1. The van der Waals surface area contributed by atoms with Gasteiger partial charge in [0.1, 0.15) is 7.05 Å². The van der Waals surface area contributed by atoms with Crippen molar-refractivity contribution in [1.29, 1.82) is 0 Å². The average Bonchev–Trinajstić information content (AvgIpc) is 3.14. The van der Waals surface area contributed by atoms with Crippen molar-refractivity contribution in [1.82, 2.24) is 0 Å². The Kier molecular flexibility index (Phi) is 8.24. The van der Waals surface area contributed by atoms with Gasteiger partial charge in [-0.1, -0.05) is 78.1 Å². The molecule has 2 saturated carbocycles. The third-order valence-electron chi connectivity index (χ3n) is 8.62. The van der Waals surface area contributed by atoms with E-state index < -0.39 is 25.6 Å². The van der Waals surface area contributed by atoms with Crippen molar-refractivity contribution >= 4 is 31.3 Å². The van der Waals surface area contributed by atoms with E-state index in [1.807, 2.05) is 11.4 Å². The molecule has 4 atom stereocenters. The molecular formula is C31H41NOPtSi3+. The van der Waals surface area contributed by atoms with Crippen molar-refractivity contribution in [3.63, 3.8) is 0 Å². The Hall–Kier alpha value is -1.37. The van der Waals surface area contributed by atoms with Crippen LogP contribution in [0.4, 0.5) is 0 Å². The van der Waals surface area contributed by atoms with Crippen LogP contribution >= 0.6 is 0 Å². The smallest absolute Gasteiger partial charge is 0.442 e. The van der Waals surface area contributed by atoms with Crippen LogP contribution < -0.4 is 0 Å². The van der Waals surface area contributed by atoms with Gasteiger partial charge in [-0.3, -0.25) is 0 Å². The molecule has 0 amide bonds. The minimum Gasteiger partial charge on any atom is -0.449 e. The van der Waals surface area contributed by atoms with E-state index in [0.717, 1.165) is 11.8 Å². The van der Waals surface area contributed by atoms with Crippen LogP contribution in [0.25, 0.3) is 0 Å². The topological polar surface area (TPSA) is 12.2 Å². The summed E-state index contributed by atoms with van der Waals surface area (Å²) >= 11 is 0.